The lowest BCUT2D eigenvalue weighted by Crippen LogP contribution is -2.58. The number of benzene rings is 2. The van der Waals surface area contributed by atoms with Crippen LogP contribution in [0.15, 0.2) is 48.5 Å². The Morgan fingerprint density at radius 3 is 2.24 bits per heavy atom. The van der Waals surface area contributed by atoms with E-state index in [2.05, 4.69) is 17.4 Å². The predicted octanol–water partition coefficient (Wildman–Crippen LogP) is 5.65. The van der Waals surface area contributed by atoms with Crippen LogP contribution < -0.4 is 5.32 Å². The van der Waals surface area contributed by atoms with Crippen molar-refractivity contribution >= 4 is 41.2 Å². The summed E-state index contributed by atoms with van der Waals surface area (Å²) in [6, 6.07) is 14.5. The van der Waals surface area contributed by atoms with Gasteiger partial charge in [0.25, 0.3) is 0 Å². The molecule has 2 aliphatic rings. The molecule has 0 radical (unpaired) electrons. The van der Waals surface area contributed by atoms with Gasteiger partial charge in [-0.05, 0) is 69.2 Å². The number of piperidine rings is 1. The molecule has 4 rings (SSSR count). The number of hydrogen-bond donors (Lipinski definition) is 1. The molecule has 2 saturated heterocycles. The van der Waals surface area contributed by atoms with Crippen LogP contribution in [0, 0.1) is 5.92 Å². The van der Waals surface area contributed by atoms with Gasteiger partial charge in [-0.3, -0.25) is 4.79 Å². The highest BCUT2D eigenvalue weighted by Gasteiger charge is 2.33. The van der Waals surface area contributed by atoms with Gasteiger partial charge in [0, 0.05) is 45.7 Å². The summed E-state index contributed by atoms with van der Waals surface area (Å²) in [5.41, 5.74) is 1.49. The van der Waals surface area contributed by atoms with Gasteiger partial charge in [0.15, 0.2) is 0 Å². The number of nitrogens with one attached hydrogen (secondary N) is 1. The number of rotatable bonds is 6. The molecule has 2 atom stereocenters. The van der Waals surface area contributed by atoms with Crippen molar-refractivity contribution < 1.29 is 19.1 Å². The van der Waals surface area contributed by atoms with Crippen LogP contribution in [0.4, 0.5) is 9.59 Å². The molecule has 2 aromatic carbocycles. The Labute approximate surface area is 252 Å². The first kappa shape index (κ1) is 31.0. The third-order valence-electron chi connectivity index (χ3n) is 7.44. The van der Waals surface area contributed by atoms with E-state index in [9.17, 15) is 14.4 Å². The van der Waals surface area contributed by atoms with E-state index in [1.165, 1.54) is 5.56 Å². The Bertz CT molecular complexity index is 1210. The minimum Gasteiger partial charge on any atom is -0.444 e. The zero-order valence-corrected chi connectivity index (χ0v) is 25.6. The van der Waals surface area contributed by atoms with Crippen LogP contribution >= 0.6 is 23.2 Å². The molecule has 222 valence electrons. The topological polar surface area (TPSA) is 82.2 Å². The quantitative estimate of drug-likeness (QED) is 0.463. The Kier molecular flexibility index (Phi) is 10.4. The first-order chi connectivity index (χ1) is 19.5. The van der Waals surface area contributed by atoms with E-state index < -0.39 is 11.6 Å². The summed E-state index contributed by atoms with van der Waals surface area (Å²) in [5, 5.41) is 3.84. The summed E-state index contributed by atoms with van der Waals surface area (Å²) in [6.45, 7) is 8.21. The van der Waals surface area contributed by atoms with Gasteiger partial charge < -0.3 is 24.8 Å². The summed E-state index contributed by atoms with van der Waals surface area (Å²) >= 11 is 12.4. The van der Waals surface area contributed by atoms with E-state index in [-0.39, 0.29) is 18.0 Å². The van der Waals surface area contributed by atoms with E-state index >= 15 is 0 Å². The normalized spacial score (nSPS) is 18.6. The molecule has 10 heteroatoms. The number of piperazine rings is 1. The molecule has 41 heavy (non-hydrogen) atoms. The predicted molar refractivity (Wildman–Crippen MR) is 161 cm³/mol. The lowest BCUT2D eigenvalue weighted by atomic mass is 9.90. The molecule has 2 fully saturated rings. The lowest BCUT2D eigenvalue weighted by molar-refractivity contribution is -0.135. The van der Waals surface area contributed by atoms with E-state index in [0.29, 0.717) is 61.7 Å². The van der Waals surface area contributed by atoms with Crippen molar-refractivity contribution in [2.75, 3.05) is 39.3 Å². The highest BCUT2D eigenvalue weighted by molar-refractivity contribution is 6.42. The van der Waals surface area contributed by atoms with Gasteiger partial charge in [0.05, 0.1) is 10.0 Å². The fraction of sp³-hybridized carbons (Fsp3) is 0.516. The van der Waals surface area contributed by atoms with Gasteiger partial charge in [-0.1, -0.05) is 59.6 Å². The molecule has 1 N–H and O–H groups in total. The number of carbonyl (C=O) groups excluding carboxylic acids is 3. The number of likely N-dealkylation sites (tertiary alicyclic amines) is 1. The Balaban J connectivity index is 1.42. The molecule has 0 spiro atoms. The number of urea groups is 1. The van der Waals surface area contributed by atoms with Crippen molar-refractivity contribution in [2.45, 2.75) is 58.1 Å². The fourth-order valence-corrected chi connectivity index (χ4v) is 5.68. The zero-order chi connectivity index (χ0) is 29.6. The van der Waals surface area contributed by atoms with Crippen molar-refractivity contribution in [3.63, 3.8) is 0 Å². The van der Waals surface area contributed by atoms with Gasteiger partial charge in [-0.15, -0.1) is 0 Å². The summed E-state index contributed by atoms with van der Waals surface area (Å²) in [4.78, 5) is 44.9. The molecule has 0 saturated carbocycles. The monoisotopic (exact) mass is 602 g/mol. The van der Waals surface area contributed by atoms with Crippen molar-refractivity contribution in [2.24, 2.45) is 5.92 Å². The third kappa shape index (κ3) is 9.01. The summed E-state index contributed by atoms with van der Waals surface area (Å²) in [5.74, 6) is 0.256. The minimum atomic E-state index is -0.765. The second kappa shape index (κ2) is 13.8. The van der Waals surface area contributed by atoms with Gasteiger partial charge in [0.1, 0.15) is 11.6 Å². The maximum absolute atomic E-state index is 13.9. The van der Waals surface area contributed by atoms with Crippen LogP contribution in [0.5, 0.6) is 0 Å². The lowest BCUT2D eigenvalue weighted by Gasteiger charge is -2.38. The van der Waals surface area contributed by atoms with E-state index in [1.54, 1.807) is 21.9 Å². The molecular formula is C31H40Cl2N4O4. The molecule has 2 heterocycles. The fourth-order valence-electron chi connectivity index (χ4n) is 5.36. The van der Waals surface area contributed by atoms with Crippen molar-refractivity contribution in [3.8, 4) is 0 Å². The van der Waals surface area contributed by atoms with Crippen LogP contribution in [0.1, 0.15) is 44.7 Å². The van der Waals surface area contributed by atoms with Crippen molar-refractivity contribution in [1.29, 1.82) is 0 Å². The van der Waals surface area contributed by atoms with Crippen LogP contribution in [-0.4, -0.2) is 83.6 Å². The maximum atomic E-state index is 13.9. The summed E-state index contributed by atoms with van der Waals surface area (Å²) in [6.07, 6.45) is 2.80. The molecule has 0 bridgehead atoms. The van der Waals surface area contributed by atoms with E-state index in [4.69, 9.17) is 27.9 Å². The van der Waals surface area contributed by atoms with Crippen LogP contribution in [0.2, 0.25) is 10.0 Å². The first-order valence-corrected chi connectivity index (χ1v) is 15.0. The highest BCUT2D eigenvalue weighted by atomic mass is 35.5. The van der Waals surface area contributed by atoms with Gasteiger partial charge in [0.2, 0.25) is 5.91 Å². The number of carbonyl (C=O) groups is 3. The number of nitrogens with zero attached hydrogens (tertiary/aromatic N) is 3. The van der Waals surface area contributed by atoms with Crippen molar-refractivity contribution in [3.05, 3.63) is 69.7 Å². The maximum Gasteiger partial charge on any atom is 0.410 e. The largest absolute Gasteiger partial charge is 0.444 e. The standard InChI is InChI=1S/C31H40Cl2N4O4/c1-31(2,3)41-30(40)36-16-14-35(15-17-36)29(39)34-27(20-23-11-12-25(32)26(33)19-23)28(38)37-13-7-10-24(21-37)18-22-8-5-4-6-9-22/h4-6,8-9,11-12,19,24,27H,7,10,13-18,20-21H2,1-3H3,(H,34,39). The molecule has 8 nitrogen and oxygen atoms in total. The molecule has 2 aliphatic heterocycles. The van der Waals surface area contributed by atoms with Gasteiger partial charge >= 0.3 is 12.1 Å². The number of ether oxygens (including phenoxy) is 1. The van der Waals surface area contributed by atoms with E-state index in [0.717, 1.165) is 24.8 Å². The minimum absolute atomic E-state index is 0.102. The second-order valence-electron chi connectivity index (χ2n) is 11.9. The van der Waals surface area contributed by atoms with Gasteiger partial charge in [-0.2, -0.15) is 0 Å². The average Bonchev–Trinajstić information content (AvgIpc) is 2.94. The molecular weight excluding hydrogens is 563 g/mol. The first-order valence-electron chi connectivity index (χ1n) is 14.3. The molecule has 2 aromatic rings. The average molecular weight is 604 g/mol. The molecule has 2 unspecified atom stereocenters. The van der Waals surface area contributed by atoms with Crippen molar-refractivity contribution in [1.82, 2.24) is 20.0 Å². The highest BCUT2D eigenvalue weighted by Crippen LogP contribution is 2.25. The number of hydrogen-bond acceptors (Lipinski definition) is 4. The SMILES string of the molecule is CC(C)(C)OC(=O)N1CCN(C(=O)NC(Cc2ccc(Cl)c(Cl)c2)C(=O)N2CCCC(Cc3ccccc3)C2)CC1. The number of halogens is 2. The molecule has 0 aliphatic carbocycles. The Morgan fingerprint density at radius 2 is 1.59 bits per heavy atom. The smallest absolute Gasteiger partial charge is 0.410 e. The third-order valence-corrected chi connectivity index (χ3v) is 8.18. The Hall–Kier alpha value is -2.97. The summed E-state index contributed by atoms with van der Waals surface area (Å²) < 4.78 is 5.46. The van der Waals surface area contributed by atoms with Crippen LogP contribution in [-0.2, 0) is 22.4 Å². The van der Waals surface area contributed by atoms with Gasteiger partial charge in [-0.25, -0.2) is 9.59 Å². The number of amides is 4. The van der Waals surface area contributed by atoms with Crippen LogP contribution in [0.25, 0.3) is 0 Å². The zero-order valence-electron chi connectivity index (χ0n) is 24.1. The molecule has 4 amide bonds. The van der Waals surface area contributed by atoms with E-state index in [1.807, 2.05) is 49.9 Å². The Morgan fingerprint density at radius 1 is 0.902 bits per heavy atom. The second-order valence-corrected chi connectivity index (χ2v) is 12.7. The molecule has 0 aromatic heterocycles. The van der Waals surface area contributed by atoms with Crippen LogP contribution in [0.3, 0.4) is 0 Å². The summed E-state index contributed by atoms with van der Waals surface area (Å²) in [7, 11) is 0.